The Kier molecular flexibility index (Phi) is 5.59. The van der Waals surface area contributed by atoms with Crippen LogP contribution in [0.25, 0.3) is 0 Å². The molecule has 0 aliphatic carbocycles. The van der Waals surface area contributed by atoms with Crippen molar-refractivity contribution >= 4 is 11.9 Å². The lowest BCUT2D eigenvalue weighted by Crippen LogP contribution is -2.52. The van der Waals surface area contributed by atoms with E-state index in [1.165, 1.54) is 4.90 Å². The van der Waals surface area contributed by atoms with Crippen LogP contribution in [-0.4, -0.2) is 48.2 Å². The van der Waals surface area contributed by atoms with Crippen molar-refractivity contribution in [3.05, 3.63) is 0 Å². The third kappa shape index (κ3) is 3.70. The number of carboxylic acid groups (broad SMARTS) is 1. The zero-order valence-electron chi connectivity index (χ0n) is 11.4. The van der Waals surface area contributed by atoms with Crippen molar-refractivity contribution in [2.45, 2.75) is 39.2 Å². The molecule has 5 nitrogen and oxygen atoms in total. The molecular weight excluding hydrogens is 234 g/mol. The molecule has 1 N–H and O–H groups in total. The van der Waals surface area contributed by atoms with Gasteiger partial charge in [-0.05, 0) is 24.7 Å². The molecule has 0 saturated carbocycles. The Morgan fingerprint density at radius 3 is 2.72 bits per heavy atom. The first kappa shape index (κ1) is 15.0. The molecule has 1 amide bonds. The Labute approximate surface area is 108 Å². The normalized spacial score (nSPS) is 25.8. The number of likely N-dealkylation sites (tertiary alicyclic amines) is 1. The van der Waals surface area contributed by atoms with Gasteiger partial charge >= 0.3 is 5.97 Å². The van der Waals surface area contributed by atoms with Crippen molar-refractivity contribution in [1.29, 1.82) is 0 Å². The molecule has 0 aromatic rings. The molecule has 1 fully saturated rings. The first-order valence-electron chi connectivity index (χ1n) is 6.48. The van der Waals surface area contributed by atoms with Crippen LogP contribution >= 0.6 is 0 Å². The molecule has 0 radical (unpaired) electrons. The molecule has 1 rings (SSSR count). The van der Waals surface area contributed by atoms with Crippen LogP contribution in [0.5, 0.6) is 0 Å². The number of hydrogen-bond acceptors (Lipinski definition) is 3. The first-order valence-corrected chi connectivity index (χ1v) is 6.48. The molecular formula is C13H23NO4. The SMILES string of the molecule is COCC(C)CC(=O)N1CCCC(C)C1C(=O)O. The third-order valence-corrected chi connectivity index (χ3v) is 3.48. The molecule has 1 aliphatic heterocycles. The van der Waals surface area contributed by atoms with Crippen LogP contribution in [0.1, 0.15) is 33.1 Å². The minimum atomic E-state index is -0.894. The Balaban J connectivity index is 2.66. The predicted molar refractivity (Wildman–Crippen MR) is 67.2 cm³/mol. The summed E-state index contributed by atoms with van der Waals surface area (Å²) in [7, 11) is 1.60. The summed E-state index contributed by atoms with van der Waals surface area (Å²) in [6, 6.07) is -0.666. The van der Waals surface area contributed by atoms with Gasteiger partial charge < -0.3 is 14.7 Å². The van der Waals surface area contributed by atoms with Crippen molar-refractivity contribution in [3.8, 4) is 0 Å². The molecule has 18 heavy (non-hydrogen) atoms. The second kappa shape index (κ2) is 6.73. The van der Waals surface area contributed by atoms with Gasteiger partial charge in [0.05, 0.1) is 0 Å². The van der Waals surface area contributed by atoms with E-state index in [9.17, 15) is 14.7 Å². The fourth-order valence-electron chi connectivity index (χ4n) is 2.60. The number of carbonyl (C=O) groups excluding carboxylic acids is 1. The molecule has 0 aromatic heterocycles. The van der Waals surface area contributed by atoms with E-state index in [0.717, 1.165) is 12.8 Å². The zero-order valence-corrected chi connectivity index (χ0v) is 11.4. The monoisotopic (exact) mass is 257 g/mol. The van der Waals surface area contributed by atoms with Gasteiger partial charge in [-0.1, -0.05) is 13.8 Å². The smallest absolute Gasteiger partial charge is 0.326 e. The van der Waals surface area contributed by atoms with Crippen molar-refractivity contribution < 1.29 is 19.4 Å². The summed E-state index contributed by atoms with van der Waals surface area (Å²) >= 11 is 0. The topological polar surface area (TPSA) is 66.8 Å². The van der Waals surface area contributed by atoms with E-state index in [-0.39, 0.29) is 17.7 Å². The zero-order chi connectivity index (χ0) is 13.7. The second-order valence-electron chi connectivity index (χ2n) is 5.25. The average Bonchev–Trinajstić information content (AvgIpc) is 2.28. The fraction of sp³-hybridized carbons (Fsp3) is 0.846. The van der Waals surface area contributed by atoms with Crippen LogP contribution in [0.3, 0.4) is 0 Å². The van der Waals surface area contributed by atoms with E-state index in [2.05, 4.69) is 0 Å². The fourth-order valence-corrected chi connectivity index (χ4v) is 2.60. The number of carboxylic acids is 1. The minimum absolute atomic E-state index is 0.0259. The minimum Gasteiger partial charge on any atom is -0.480 e. The largest absolute Gasteiger partial charge is 0.480 e. The molecule has 104 valence electrons. The number of amides is 1. The highest BCUT2D eigenvalue weighted by atomic mass is 16.5. The van der Waals surface area contributed by atoms with E-state index in [0.29, 0.717) is 19.6 Å². The number of aliphatic carboxylic acids is 1. The maximum absolute atomic E-state index is 12.2. The van der Waals surface area contributed by atoms with E-state index >= 15 is 0 Å². The molecule has 0 bridgehead atoms. The second-order valence-corrected chi connectivity index (χ2v) is 5.25. The molecule has 1 saturated heterocycles. The van der Waals surface area contributed by atoms with Gasteiger partial charge in [-0.2, -0.15) is 0 Å². The predicted octanol–water partition coefficient (Wildman–Crippen LogP) is 1.37. The summed E-state index contributed by atoms with van der Waals surface area (Å²) in [5.41, 5.74) is 0. The Morgan fingerprint density at radius 2 is 2.17 bits per heavy atom. The van der Waals surface area contributed by atoms with E-state index in [1.807, 2.05) is 13.8 Å². The van der Waals surface area contributed by atoms with Gasteiger partial charge in [0.1, 0.15) is 6.04 Å². The molecule has 0 aromatic carbocycles. The lowest BCUT2D eigenvalue weighted by Gasteiger charge is -2.37. The molecule has 1 heterocycles. The number of hydrogen-bond donors (Lipinski definition) is 1. The van der Waals surface area contributed by atoms with Crippen molar-refractivity contribution in [2.24, 2.45) is 11.8 Å². The lowest BCUT2D eigenvalue weighted by atomic mass is 9.90. The Bertz CT molecular complexity index is 305. The number of rotatable bonds is 5. The van der Waals surface area contributed by atoms with Gasteiger partial charge in [0.2, 0.25) is 5.91 Å². The Morgan fingerprint density at radius 1 is 1.50 bits per heavy atom. The molecule has 1 aliphatic rings. The Hall–Kier alpha value is -1.10. The summed E-state index contributed by atoms with van der Waals surface area (Å²) in [5, 5.41) is 9.25. The van der Waals surface area contributed by atoms with Crippen molar-refractivity contribution in [3.63, 3.8) is 0 Å². The van der Waals surface area contributed by atoms with Gasteiger partial charge in [0.15, 0.2) is 0 Å². The van der Waals surface area contributed by atoms with E-state index in [4.69, 9.17) is 4.74 Å². The van der Waals surface area contributed by atoms with Gasteiger partial charge in [0.25, 0.3) is 0 Å². The summed E-state index contributed by atoms with van der Waals surface area (Å²) < 4.78 is 5.00. The highest BCUT2D eigenvalue weighted by molar-refractivity contribution is 5.84. The number of nitrogens with zero attached hydrogens (tertiary/aromatic N) is 1. The average molecular weight is 257 g/mol. The molecule has 0 spiro atoms. The number of piperidine rings is 1. The highest BCUT2D eigenvalue weighted by Gasteiger charge is 2.36. The van der Waals surface area contributed by atoms with Crippen LogP contribution in [0, 0.1) is 11.8 Å². The number of ether oxygens (including phenoxy) is 1. The van der Waals surface area contributed by atoms with E-state index in [1.54, 1.807) is 7.11 Å². The summed E-state index contributed by atoms with van der Waals surface area (Å²) in [6.45, 7) is 4.91. The summed E-state index contributed by atoms with van der Waals surface area (Å²) in [6.07, 6.45) is 2.11. The summed E-state index contributed by atoms with van der Waals surface area (Å²) in [5.74, 6) is -0.819. The molecule has 5 heteroatoms. The van der Waals surface area contributed by atoms with Gasteiger partial charge in [0, 0.05) is 26.7 Å². The highest BCUT2D eigenvalue weighted by Crippen LogP contribution is 2.24. The number of methoxy groups -OCH3 is 1. The quantitative estimate of drug-likeness (QED) is 0.807. The van der Waals surface area contributed by atoms with Crippen molar-refractivity contribution in [2.75, 3.05) is 20.3 Å². The van der Waals surface area contributed by atoms with E-state index < -0.39 is 12.0 Å². The van der Waals surface area contributed by atoms with Gasteiger partial charge in [-0.3, -0.25) is 4.79 Å². The van der Waals surface area contributed by atoms with Crippen LogP contribution in [0.4, 0.5) is 0 Å². The van der Waals surface area contributed by atoms with Crippen LogP contribution in [0.2, 0.25) is 0 Å². The number of carbonyl (C=O) groups is 2. The van der Waals surface area contributed by atoms with Gasteiger partial charge in [-0.15, -0.1) is 0 Å². The van der Waals surface area contributed by atoms with Crippen LogP contribution in [0.15, 0.2) is 0 Å². The van der Waals surface area contributed by atoms with Crippen molar-refractivity contribution in [1.82, 2.24) is 4.90 Å². The molecule has 3 atom stereocenters. The van der Waals surface area contributed by atoms with Crippen LogP contribution in [-0.2, 0) is 14.3 Å². The summed E-state index contributed by atoms with van der Waals surface area (Å²) in [4.78, 5) is 25.0. The third-order valence-electron chi connectivity index (χ3n) is 3.48. The first-order chi connectivity index (χ1) is 8.47. The maximum atomic E-state index is 12.2. The standard InChI is InChI=1S/C13H23NO4/c1-9(8-18-3)7-11(15)14-6-4-5-10(2)12(14)13(16)17/h9-10,12H,4-8H2,1-3H3,(H,16,17). The lowest BCUT2D eigenvalue weighted by molar-refractivity contribution is -0.155. The maximum Gasteiger partial charge on any atom is 0.326 e. The van der Waals surface area contributed by atoms with Crippen LogP contribution < -0.4 is 0 Å². The van der Waals surface area contributed by atoms with Gasteiger partial charge in [-0.25, -0.2) is 4.79 Å². The molecule has 3 unspecified atom stereocenters.